The van der Waals surface area contributed by atoms with Crippen LogP contribution in [0.3, 0.4) is 0 Å². The van der Waals surface area contributed by atoms with Crippen molar-refractivity contribution in [3.05, 3.63) is 34.3 Å². The minimum Gasteiger partial charge on any atom is -0.336 e. The van der Waals surface area contributed by atoms with Gasteiger partial charge < -0.3 is 9.80 Å². The van der Waals surface area contributed by atoms with Crippen LogP contribution in [0, 0.1) is 0 Å². The molecule has 2 atom stereocenters. The average molecular weight is 379 g/mol. The Kier molecular flexibility index (Phi) is 5.59. The molecule has 2 aliphatic heterocycles. The van der Waals surface area contributed by atoms with Gasteiger partial charge >= 0.3 is 0 Å². The molecule has 5 heteroatoms. The number of hydrogen-bond donors (Lipinski definition) is 0. The first-order chi connectivity index (χ1) is 12.2. The fourth-order valence-corrected chi connectivity index (χ4v) is 5.80. The normalized spacial score (nSPS) is 27.3. The molecule has 1 amide bonds. The summed E-state index contributed by atoms with van der Waals surface area (Å²) in [7, 11) is 0. The molecule has 3 nitrogen and oxygen atoms in total. The second-order valence-corrected chi connectivity index (χ2v) is 9.14. The Balaban J connectivity index is 1.49. The van der Waals surface area contributed by atoms with Crippen LogP contribution in [0.2, 0.25) is 5.02 Å². The first kappa shape index (κ1) is 17.7. The molecule has 0 saturated carbocycles. The second kappa shape index (κ2) is 7.89. The van der Waals surface area contributed by atoms with Gasteiger partial charge in [-0.3, -0.25) is 4.79 Å². The van der Waals surface area contributed by atoms with E-state index in [1.54, 1.807) is 0 Å². The third-order valence-corrected chi connectivity index (χ3v) is 7.24. The molecule has 4 rings (SSSR count). The number of fused-ring (bicyclic) bond motifs is 1. The zero-order chi connectivity index (χ0) is 17.2. The first-order valence-corrected chi connectivity index (χ1v) is 11.1. The monoisotopic (exact) mass is 378 g/mol. The summed E-state index contributed by atoms with van der Waals surface area (Å²) in [5.41, 5.74) is 2.48. The third-order valence-electron chi connectivity index (χ3n) is 5.91. The average Bonchev–Trinajstić information content (AvgIpc) is 3.05. The van der Waals surface area contributed by atoms with Gasteiger partial charge in [-0.2, -0.15) is 11.8 Å². The van der Waals surface area contributed by atoms with Crippen molar-refractivity contribution >= 4 is 29.3 Å². The van der Waals surface area contributed by atoms with Gasteiger partial charge in [0.05, 0.1) is 12.0 Å². The van der Waals surface area contributed by atoms with Crippen molar-refractivity contribution in [1.82, 2.24) is 9.80 Å². The zero-order valence-corrected chi connectivity index (χ0v) is 16.3. The Labute approximate surface area is 160 Å². The van der Waals surface area contributed by atoms with Crippen molar-refractivity contribution in [1.29, 1.82) is 0 Å². The van der Waals surface area contributed by atoms with Crippen molar-refractivity contribution in [3.8, 4) is 0 Å². The lowest BCUT2D eigenvalue weighted by atomic mass is 9.98. The SMILES string of the molecule is O=C(C1CCc2ccc(Cl)cc21)N1CCSCC1CN1CCCCC1. The number of carbonyl (C=O) groups is 1. The van der Waals surface area contributed by atoms with Gasteiger partial charge in [0.25, 0.3) is 0 Å². The molecule has 2 heterocycles. The molecule has 0 aromatic heterocycles. The number of hydrogen-bond acceptors (Lipinski definition) is 3. The molecule has 25 heavy (non-hydrogen) atoms. The standard InChI is InChI=1S/C20H27ClN2OS/c21-16-6-4-15-5-7-18(19(15)12-16)20(24)23-10-11-25-14-17(23)13-22-8-2-1-3-9-22/h4,6,12,17-18H,1-3,5,7-11,13-14H2. The highest BCUT2D eigenvalue weighted by atomic mass is 35.5. The van der Waals surface area contributed by atoms with E-state index in [1.165, 1.54) is 43.5 Å². The zero-order valence-electron chi connectivity index (χ0n) is 14.8. The summed E-state index contributed by atoms with van der Waals surface area (Å²) >= 11 is 8.20. The Morgan fingerprint density at radius 2 is 2.04 bits per heavy atom. The largest absolute Gasteiger partial charge is 0.336 e. The highest BCUT2D eigenvalue weighted by molar-refractivity contribution is 7.99. The third kappa shape index (κ3) is 3.86. The van der Waals surface area contributed by atoms with E-state index in [9.17, 15) is 4.79 Å². The maximum absolute atomic E-state index is 13.4. The number of nitrogens with zero attached hydrogens (tertiary/aromatic N) is 2. The molecule has 1 aromatic carbocycles. The van der Waals surface area contributed by atoms with E-state index in [0.717, 1.165) is 42.5 Å². The second-order valence-electron chi connectivity index (χ2n) is 7.56. The molecule has 136 valence electrons. The van der Waals surface area contributed by atoms with Crippen LogP contribution in [-0.4, -0.2) is 59.4 Å². The predicted molar refractivity (Wildman–Crippen MR) is 106 cm³/mol. The van der Waals surface area contributed by atoms with Gasteiger partial charge in [0.15, 0.2) is 0 Å². The van der Waals surface area contributed by atoms with Gasteiger partial charge in [-0.05, 0) is 62.0 Å². The Morgan fingerprint density at radius 3 is 2.88 bits per heavy atom. The van der Waals surface area contributed by atoms with Crippen LogP contribution in [0.4, 0.5) is 0 Å². The topological polar surface area (TPSA) is 23.6 Å². The van der Waals surface area contributed by atoms with Crippen LogP contribution in [0.1, 0.15) is 42.7 Å². The van der Waals surface area contributed by atoms with E-state index >= 15 is 0 Å². The van der Waals surface area contributed by atoms with Gasteiger partial charge in [-0.1, -0.05) is 24.1 Å². The Morgan fingerprint density at radius 1 is 1.20 bits per heavy atom. The number of piperidine rings is 1. The van der Waals surface area contributed by atoms with Gasteiger partial charge in [-0.15, -0.1) is 0 Å². The van der Waals surface area contributed by atoms with Crippen molar-refractivity contribution in [3.63, 3.8) is 0 Å². The summed E-state index contributed by atoms with van der Waals surface area (Å²) in [6, 6.07) is 6.43. The summed E-state index contributed by atoms with van der Waals surface area (Å²) in [4.78, 5) is 18.2. The molecule has 0 radical (unpaired) electrons. The maximum Gasteiger partial charge on any atom is 0.230 e. The highest BCUT2D eigenvalue weighted by Gasteiger charge is 2.36. The molecular formula is C20H27ClN2OS. The fraction of sp³-hybridized carbons (Fsp3) is 0.650. The van der Waals surface area contributed by atoms with Crippen LogP contribution < -0.4 is 0 Å². The molecular weight excluding hydrogens is 352 g/mol. The number of likely N-dealkylation sites (tertiary alicyclic amines) is 1. The number of amides is 1. The van der Waals surface area contributed by atoms with E-state index in [4.69, 9.17) is 11.6 Å². The lowest BCUT2D eigenvalue weighted by Gasteiger charge is -2.40. The molecule has 1 aliphatic carbocycles. The van der Waals surface area contributed by atoms with Gasteiger partial charge in [0.1, 0.15) is 0 Å². The summed E-state index contributed by atoms with van der Waals surface area (Å²) < 4.78 is 0. The minimum atomic E-state index is 0.0145. The van der Waals surface area contributed by atoms with Gasteiger partial charge in [-0.25, -0.2) is 0 Å². The molecule has 1 aromatic rings. The van der Waals surface area contributed by atoms with E-state index in [-0.39, 0.29) is 5.92 Å². The Bertz CT molecular complexity index is 632. The van der Waals surface area contributed by atoms with E-state index in [1.807, 2.05) is 23.9 Å². The lowest BCUT2D eigenvalue weighted by Crippen LogP contribution is -2.53. The smallest absolute Gasteiger partial charge is 0.230 e. The quantitative estimate of drug-likeness (QED) is 0.799. The summed E-state index contributed by atoms with van der Waals surface area (Å²) in [6.07, 6.45) is 5.92. The van der Waals surface area contributed by atoms with Crippen LogP contribution in [-0.2, 0) is 11.2 Å². The summed E-state index contributed by atoms with van der Waals surface area (Å²) in [5, 5.41) is 0.748. The molecule has 0 N–H and O–H groups in total. The van der Waals surface area contributed by atoms with Crippen LogP contribution >= 0.6 is 23.4 Å². The van der Waals surface area contributed by atoms with Crippen molar-refractivity contribution in [2.75, 3.05) is 37.7 Å². The number of carbonyl (C=O) groups excluding carboxylic acids is 1. The van der Waals surface area contributed by atoms with E-state index < -0.39 is 0 Å². The molecule has 2 unspecified atom stereocenters. The highest BCUT2D eigenvalue weighted by Crippen LogP contribution is 2.37. The van der Waals surface area contributed by atoms with E-state index in [0.29, 0.717) is 11.9 Å². The van der Waals surface area contributed by atoms with Gasteiger partial charge in [0.2, 0.25) is 5.91 Å². The van der Waals surface area contributed by atoms with Crippen LogP contribution in [0.25, 0.3) is 0 Å². The number of rotatable bonds is 3. The number of thioether (sulfide) groups is 1. The Hall–Kier alpha value is -0.710. The molecule has 2 saturated heterocycles. The molecule has 0 bridgehead atoms. The van der Waals surface area contributed by atoms with Crippen LogP contribution in [0.15, 0.2) is 18.2 Å². The fourth-order valence-electron chi connectivity index (χ4n) is 4.57. The first-order valence-electron chi connectivity index (χ1n) is 9.61. The minimum absolute atomic E-state index is 0.0145. The number of benzene rings is 1. The summed E-state index contributed by atoms with van der Waals surface area (Å²) in [5.74, 6) is 2.50. The summed E-state index contributed by atoms with van der Waals surface area (Å²) in [6.45, 7) is 4.35. The number of halogens is 1. The van der Waals surface area contributed by atoms with Crippen LogP contribution in [0.5, 0.6) is 0 Å². The predicted octanol–water partition coefficient (Wildman–Crippen LogP) is 3.80. The lowest BCUT2D eigenvalue weighted by molar-refractivity contribution is -0.135. The molecule has 3 aliphatic rings. The van der Waals surface area contributed by atoms with Crippen molar-refractivity contribution < 1.29 is 4.79 Å². The molecule has 2 fully saturated rings. The van der Waals surface area contributed by atoms with Crippen molar-refractivity contribution in [2.24, 2.45) is 0 Å². The van der Waals surface area contributed by atoms with Crippen molar-refractivity contribution in [2.45, 2.75) is 44.1 Å². The molecule has 0 spiro atoms. The maximum atomic E-state index is 13.4. The van der Waals surface area contributed by atoms with Gasteiger partial charge in [0, 0.05) is 29.6 Å². The van der Waals surface area contributed by atoms with E-state index in [2.05, 4.69) is 15.9 Å². The number of aryl methyl sites for hydroxylation is 1.